The summed E-state index contributed by atoms with van der Waals surface area (Å²) in [7, 11) is 1.43. The SMILES string of the molecule is COc1cc(NC=C2C(=O)OC(C)(C)OC2=O)c(F)cc1Br. The highest BCUT2D eigenvalue weighted by molar-refractivity contribution is 9.10. The van der Waals surface area contributed by atoms with Gasteiger partial charge in [0, 0.05) is 26.1 Å². The molecule has 6 nitrogen and oxygen atoms in total. The summed E-state index contributed by atoms with van der Waals surface area (Å²) in [4.78, 5) is 23.5. The van der Waals surface area contributed by atoms with Crippen LogP contribution in [0.3, 0.4) is 0 Å². The third-order valence-corrected chi connectivity index (χ3v) is 3.35. The van der Waals surface area contributed by atoms with Gasteiger partial charge in [-0.25, -0.2) is 14.0 Å². The van der Waals surface area contributed by atoms with Gasteiger partial charge in [-0.3, -0.25) is 0 Å². The second-order valence-corrected chi connectivity index (χ2v) is 5.70. The minimum absolute atomic E-state index is 0.0259. The summed E-state index contributed by atoms with van der Waals surface area (Å²) in [6.45, 7) is 2.87. The van der Waals surface area contributed by atoms with Crippen molar-refractivity contribution in [1.29, 1.82) is 0 Å². The summed E-state index contributed by atoms with van der Waals surface area (Å²) < 4.78 is 29.2. The van der Waals surface area contributed by atoms with Gasteiger partial charge >= 0.3 is 11.9 Å². The number of carbonyl (C=O) groups excluding carboxylic acids is 2. The summed E-state index contributed by atoms with van der Waals surface area (Å²) in [5.74, 6) is -3.23. The zero-order valence-electron chi connectivity index (χ0n) is 12.0. The number of anilines is 1. The molecule has 0 radical (unpaired) electrons. The fourth-order valence-electron chi connectivity index (χ4n) is 1.72. The lowest BCUT2D eigenvalue weighted by atomic mass is 10.2. The van der Waals surface area contributed by atoms with Crippen LogP contribution in [-0.2, 0) is 19.1 Å². The number of hydrogen-bond donors (Lipinski definition) is 1. The topological polar surface area (TPSA) is 73.9 Å². The van der Waals surface area contributed by atoms with Crippen molar-refractivity contribution >= 4 is 33.6 Å². The monoisotopic (exact) mass is 373 g/mol. The molecule has 0 spiro atoms. The molecule has 1 N–H and O–H groups in total. The molecule has 8 heteroatoms. The molecule has 0 aliphatic carbocycles. The van der Waals surface area contributed by atoms with Crippen molar-refractivity contribution in [3.05, 3.63) is 34.2 Å². The third kappa shape index (κ3) is 3.38. The summed E-state index contributed by atoms with van der Waals surface area (Å²) in [6.07, 6.45) is 1.03. The molecule has 22 heavy (non-hydrogen) atoms. The number of hydrogen-bond acceptors (Lipinski definition) is 6. The molecule has 1 aromatic carbocycles. The van der Waals surface area contributed by atoms with E-state index in [0.29, 0.717) is 10.2 Å². The van der Waals surface area contributed by atoms with Crippen molar-refractivity contribution in [3.63, 3.8) is 0 Å². The van der Waals surface area contributed by atoms with E-state index >= 15 is 0 Å². The molecule has 0 atom stereocenters. The first-order chi connectivity index (χ1) is 10.2. The van der Waals surface area contributed by atoms with Gasteiger partial charge in [-0.05, 0) is 22.0 Å². The van der Waals surface area contributed by atoms with E-state index in [2.05, 4.69) is 21.2 Å². The van der Waals surface area contributed by atoms with Gasteiger partial charge in [0.25, 0.3) is 5.79 Å². The molecule has 0 aromatic heterocycles. The van der Waals surface area contributed by atoms with Crippen LogP contribution in [0.4, 0.5) is 10.1 Å². The lowest BCUT2D eigenvalue weighted by Crippen LogP contribution is -2.42. The van der Waals surface area contributed by atoms with Gasteiger partial charge in [0.2, 0.25) is 0 Å². The van der Waals surface area contributed by atoms with Crippen LogP contribution in [0, 0.1) is 5.82 Å². The first-order valence-electron chi connectivity index (χ1n) is 6.20. The maximum Gasteiger partial charge on any atom is 0.350 e. The average molecular weight is 374 g/mol. The van der Waals surface area contributed by atoms with E-state index in [9.17, 15) is 14.0 Å². The maximum absolute atomic E-state index is 13.8. The predicted molar refractivity (Wildman–Crippen MR) is 78.6 cm³/mol. The second kappa shape index (κ2) is 5.96. The number of rotatable bonds is 3. The van der Waals surface area contributed by atoms with E-state index in [1.807, 2.05) is 0 Å². The van der Waals surface area contributed by atoms with E-state index in [1.165, 1.54) is 33.1 Å². The second-order valence-electron chi connectivity index (χ2n) is 4.85. The zero-order valence-corrected chi connectivity index (χ0v) is 13.6. The van der Waals surface area contributed by atoms with Crippen molar-refractivity contribution in [2.24, 2.45) is 0 Å². The van der Waals surface area contributed by atoms with Gasteiger partial charge in [0.15, 0.2) is 5.57 Å². The van der Waals surface area contributed by atoms with Crippen LogP contribution in [0.25, 0.3) is 0 Å². The highest BCUT2D eigenvalue weighted by Gasteiger charge is 2.38. The number of cyclic esters (lactones) is 2. The Morgan fingerprint density at radius 1 is 1.27 bits per heavy atom. The molecule has 1 saturated heterocycles. The van der Waals surface area contributed by atoms with Crippen LogP contribution < -0.4 is 10.1 Å². The van der Waals surface area contributed by atoms with E-state index in [0.717, 1.165) is 6.20 Å². The molecule has 1 aromatic rings. The van der Waals surface area contributed by atoms with Gasteiger partial charge in [0.1, 0.15) is 11.6 Å². The number of nitrogens with one attached hydrogen (secondary N) is 1. The Kier molecular flexibility index (Phi) is 4.41. The Balaban J connectivity index is 2.25. The van der Waals surface area contributed by atoms with Crippen molar-refractivity contribution in [2.45, 2.75) is 19.6 Å². The number of carbonyl (C=O) groups is 2. The molecule has 0 unspecified atom stereocenters. The fourth-order valence-corrected chi connectivity index (χ4v) is 2.20. The molecule has 2 rings (SSSR count). The largest absolute Gasteiger partial charge is 0.495 e. The Morgan fingerprint density at radius 3 is 2.41 bits per heavy atom. The normalized spacial score (nSPS) is 16.7. The van der Waals surface area contributed by atoms with Crippen LogP contribution in [0.15, 0.2) is 28.4 Å². The van der Waals surface area contributed by atoms with Crippen LogP contribution in [-0.4, -0.2) is 24.8 Å². The zero-order chi connectivity index (χ0) is 16.5. The first kappa shape index (κ1) is 16.3. The van der Waals surface area contributed by atoms with Gasteiger partial charge < -0.3 is 19.5 Å². The molecule has 1 aliphatic heterocycles. The Morgan fingerprint density at radius 2 is 1.86 bits per heavy atom. The molecular formula is C14H13BrFNO5. The number of esters is 2. The van der Waals surface area contributed by atoms with Gasteiger partial charge in [-0.15, -0.1) is 0 Å². The minimum atomic E-state index is -1.32. The molecule has 1 heterocycles. The van der Waals surface area contributed by atoms with Crippen LogP contribution >= 0.6 is 15.9 Å². The maximum atomic E-state index is 13.8. The van der Waals surface area contributed by atoms with Crippen molar-refractivity contribution in [1.82, 2.24) is 0 Å². The predicted octanol–water partition coefficient (Wildman–Crippen LogP) is 2.73. The number of benzene rings is 1. The summed E-state index contributed by atoms with van der Waals surface area (Å²) in [6, 6.07) is 2.57. The Bertz CT molecular complexity index is 649. The third-order valence-electron chi connectivity index (χ3n) is 2.73. The molecule has 0 bridgehead atoms. The van der Waals surface area contributed by atoms with Gasteiger partial charge in [-0.1, -0.05) is 0 Å². The van der Waals surface area contributed by atoms with Crippen LogP contribution in [0.2, 0.25) is 0 Å². The van der Waals surface area contributed by atoms with E-state index in [1.54, 1.807) is 0 Å². The summed E-state index contributed by atoms with van der Waals surface area (Å²) in [5, 5.41) is 2.53. The first-order valence-corrected chi connectivity index (χ1v) is 6.99. The summed E-state index contributed by atoms with van der Waals surface area (Å²) >= 11 is 3.14. The quantitative estimate of drug-likeness (QED) is 0.498. The molecule has 1 aliphatic rings. The lowest BCUT2D eigenvalue weighted by molar-refractivity contribution is -0.222. The van der Waals surface area contributed by atoms with E-state index in [-0.39, 0.29) is 11.3 Å². The lowest BCUT2D eigenvalue weighted by Gasteiger charge is -2.29. The average Bonchev–Trinajstić information content (AvgIpc) is 2.38. The molecule has 0 amide bonds. The summed E-state index contributed by atoms with van der Waals surface area (Å²) in [5.41, 5.74) is -0.335. The highest BCUT2D eigenvalue weighted by Crippen LogP contribution is 2.31. The standard InChI is InChI=1S/C14H13BrFNO5/c1-14(2)21-12(18)7(13(19)22-14)6-17-10-5-11(20-3)8(15)4-9(10)16/h4-6,17H,1-3H3. The van der Waals surface area contributed by atoms with Crippen molar-refractivity contribution in [2.75, 3.05) is 12.4 Å². The van der Waals surface area contributed by atoms with E-state index in [4.69, 9.17) is 14.2 Å². The van der Waals surface area contributed by atoms with E-state index < -0.39 is 23.5 Å². The number of ether oxygens (including phenoxy) is 3. The molecular weight excluding hydrogens is 361 g/mol. The van der Waals surface area contributed by atoms with Gasteiger partial charge in [-0.2, -0.15) is 0 Å². The smallest absolute Gasteiger partial charge is 0.350 e. The molecule has 118 valence electrons. The Hall–Kier alpha value is -2.09. The van der Waals surface area contributed by atoms with Crippen LogP contribution in [0.1, 0.15) is 13.8 Å². The van der Waals surface area contributed by atoms with Gasteiger partial charge in [0.05, 0.1) is 17.3 Å². The van der Waals surface area contributed by atoms with Crippen molar-refractivity contribution < 1.29 is 28.2 Å². The van der Waals surface area contributed by atoms with Crippen LogP contribution in [0.5, 0.6) is 5.75 Å². The fraction of sp³-hybridized carbons (Fsp3) is 0.286. The highest BCUT2D eigenvalue weighted by atomic mass is 79.9. The number of methoxy groups -OCH3 is 1. The molecule has 1 fully saturated rings. The number of halogens is 2. The Labute approximate surface area is 134 Å². The van der Waals surface area contributed by atoms with Crippen molar-refractivity contribution in [3.8, 4) is 5.75 Å². The molecule has 0 saturated carbocycles. The minimum Gasteiger partial charge on any atom is -0.495 e.